The van der Waals surface area contributed by atoms with Crippen LogP contribution in [-0.2, 0) is 9.59 Å². The van der Waals surface area contributed by atoms with Gasteiger partial charge in [-0.1, -0.05) is 12.8 Å². The smallest absolute Gasteiger partial charge is 0.346 e. The van der Waals surface area contributed by atoms with Crippen LogP contribution in [-0.4, -0.2) is 52.9 Å². The number of alkyl halides is 3. The highest BCUT2D eigenvalue weighted by atomic mass is 19.4. The van der Waals surface area contributed by atoms with Crippen LogP contribution in [0.1, 0.15) is 69.7 Å². The van der Waals surface area contributed by atoms with E-state index < -0.39 is 24.4 Å². The second-order valence-corrected chi connectivity index (χ2v) is 10.6. The first-order valence-corrected chi connectivity index (χ1v) is 12.9. The van der Waals surface area contributed by atoms with Gasteiger partial charge in [-0.3, -0.25) is 9.59 Å². The van der Waals surface area contributed by atoms with E-state index in [0.717, 1.165) is 37.9 Å². The zero-order valence-corrected chi connectivity index (χ0v) is 21.0. The first-order chi connectivity index (χ1) is 17.5. The molecule has 2 aliphatic rings. The third kappa shape index (κ3) is 7.40. The van der Waals surface area contributed by atoms with E-state index in [4.69, 9.17) is 0 Å². The number of imidazole rings is 1. The molecule has 2 aromatic rings. The molecule has 37 heavy (non-hydrogen) atoms. The highest BCUT2D eigenvalue weighted by molar-refractivity contribution is 5.83. The summed E-state index contributed by atoms with van der Waals surface area (Å²) >= 11 is 0. The number of nitrogens with one attached hydrogen (secondary N) is 2. The lowest BCUT2D eigenvalue weighted by atomic mass is 9.91. The number of hydrogen-bond acceptors (Lipinski definition) is 4. The Morgan fingerprint density at radius 3 is 2.54 bits per heavy atom. The maximum Gasteiger partial charge on any atom is 0.395 e. The van der Waals surface area contributed by atoms with Crippen molar-refractivity contribution in [3.63, 3.8) is 0 Å². The number of halogens is 4. The lowest BCUT2D eigenvalue weighted by molar-refractivity contribution is -0.152. The summed E-state index contributed by atoms with van der Waals surface area (Å²) in [6, 6.07) is 5.63. The normalized spacial score (nSPS) is 20.1. The van der Waals surface area contributed by atoms with Gasteiger partial charge < -0.3 is 15.2 Å². The predicted molar refractivity (Wildman–Crippen MR) is 131 cm³/mol. The van der Waals surface area contributed by atoms with Crippen LogP contribution in [0.25, 0.3) is 11.3 Å². The number of carbonyl (C=O) groups excluding carboxylic acids is 2. The molecule has 2 fully saturated rings. The SMILES string of the molecule is CN1CCC2(CC1)C[C@@H]2C(=O)N[C@@H](CCCCCC(=O)CC(F)(F)F)c1ncc(-c2ccc(F)cc2)[nH]1. The highest BCUT2D eigenvalue weighted by Crippen LogP contribution is 2.59. The molecule has 1 spiro atoms. The number of amides is 1. The number of hydrogen-bond donors (Lipinski definition) is 2. The number of aromatic nitrogens is 2. The number of H-pyrrole nitrogens is 1. The Bertz CT molecular complexity index is 1070. The summed E-state index contributed by atoms with van der Waals surface area (Å²) in [4.78, 5) is 34.7. The monoisotopic (exact) mass is 522 g/mol. The summed E-state index contributed by atoms with van der Waals surface area (Å²) in [7, 11) is 2.09. The Morgan fingerprint density at radius 2 is 1.86 bits per heavy atom. The van der Waals surface area contributed by atoms with Gasteiger partial charge in [0.15, 0.2) is 0 Å². The van der Waals surface area contributed by atoms with Gasteiger partial charge in [0.25, 0.3) is 0 Å². The third-order valence-corrected chi connectivity index (χ3v) is 7.73. The molecule has 1 aliphatic carbocycles. The molecule has 1 aromatic carbocycles. The number of Topliss-reactive ketones (excluding diaryl/α,β-unsaturated/α-hetero) is 1. The standard InChI is InChI=1S/C27H34F4N4O2/c1-35-13-11-26(12-14-35)16-21(26)25(37)34-22(6-4-2-3-5-20(36)15-27(29,30)31)24-32-17-23(33-24)18-7-9-19(28)10-8-18/h7-10,17,21-22H,2-6,11-16H2,1H3,(H,32,33)(H,34,37)/t21-,22+/m1/s1. The summed E-state index contributed by atoms with van der Waals surface area (Å²) in [6.45, 7) is 1.97. The van der Waals surface area contributed by atoms with Crippen molar-refractivity contribution in [3.8, 4) is 11.3 Å². The molecule has 6 nitrogen and oxygen atoms in total. The van der Waals surface area contributed by atoms with E-state index in [2.05, 4.69) is 27.2 Å². The van der Waals surface area contributed by atoms with Crippen LogP contribution >= 0.6 is 0 Å². The molecule has 10 heteroatoms. The minimum absolute atomic E-state index is 0.00893. The van der Waals surface area contributed by atoms with Crippen LogP contribution in [0.15, 0.2) is 30.5 Å². The number of aromatic amines is 1. The Hall–Kier alpha value is -2.75. The maximum atomic E-state index is 13.3. The first kappa shape index (κ1) is 27.3. The van der Waals surface area contributed by atoms with Gasteiger partial charge in [0, 0.05) is 12.3 Å². The predicted octanol–water partition coefficient (Wildman–Crippen LogP) is 5.58. The largest absolute Gasteiger partial charge is 0.395 e. The lowest BCUT2D eigenvalue weighted by Crippen LogP contribution is -2.36. The number of rotatable bonds is 11. The molecule has 0 radical (unpaired) electrons. The first-order valence-electron chi connectivity index (χ1n) is 12.9. The fourth-order valence-electron chi connectivity index (χ4n) is 5.33. The molecular formula is C27H34F4N4O2. The Labute approximate surface area is 214 Å². The summed E-state index contributed by atoms with van der Waals surface area (Å²) in [5, 5.41) is 3.16. The van der Waals surface area contributed by atoms with Crippen LogP contribution < -0.4 is 5.32 Å². The molecule has 1 amide bonds. The van der Waals surface area contributed by atoms with Gasteiger partial charge >= 0.3 is 6.18 Å². The summed E-state index contributed by atoms with van der Waals surface area (Å²) in [6.07, 6.45) is 0.689. The van der Waals surface area contributed by atoms with Crippen LogP contribution in [0.2, 0.25) is 0 Å². The van der Waals surface area contributed by atoms with Crippen molar-refractivity contribution in [2.75, 3.05) is 20.1 Å². The zero-order chi connectivity index (χ0) is 26.6. The van der Waals surface area contributed by atoms with Crippen molar-refractivity contribution >= 4 is 11.7 Å². The van der Waals surface area contributed by atoms with Gasteiger partial charge in [-0.05, 0) is 87.5 Å². The van der Waals surface area contributed by atoms with Gasteiger partial charge in [0.2, 0.25) is 5.91 Å². The van der Waals surface area contributed by atoms with E-state index in [9.17, 15) is 27.2 Å². The fourth-order valence-corrected chi connectivity index (χ4v) is 5.33. The summed E-state index contributed by atoms with van der Waals surface area (Å²) in [5.74, 6) is -0.567. The van der Waals surface area contributed by atoms with Crippen molar-refractivity contribution in [1.29, 1.82) is 0 Å². The molecule has 1 saturated carbocycles. The number of likely N-dealkylation sites (tertiary alicyclic amines) is 1. The van der Waals surface area contributed by atoms with E-state index in [1.807, 2.05) is 0 Å². The average molecular weight is 523 g/mol. The minimum atomic E-state index is -4.47. The quantitative estimate of drug-likeness (QED) is 0.299. The van der Waals surface area contributed by atoms with E-state index in [0.29, 0.717) is 37.2 Å². The molecule has 2 heterocycles. The number of unbranched alkanes of at least 4 members (excludes halogenated alkanes) is 2. The van der Waals surface area contributed by atoms with E-state index in [-0.39, 0.29) is 29.5 Å². The maximum absolute atomic E-state index is 13.3. The van der Waals surface area contributed by atoms with Crippen LogP contribution in [0.3, 0.4) is 0 Å². The number of benzene rings is 1. The lowest BCUT2D eigenvalue weighted by Gasteiger charge is -2.30. The van der Waals surface area contributed by atoms with Crippen molar-refractivity contribution in [2.45, 2.75) is 70.0 Å². The van der Waals surface area contributed by atoms with Crippen LogP contribution in [0.5, 0.6) is 0 Å². The number of carbonyl (C=O) groups is 2. The second-order valence-electron chi connectivity index (χ2n) is 10.6. The van der Waals surface area contributed by atoms with Crippen molar-refractivity contribution < 1.29 is 27.2 Å². The average Bonchev–Trinajstić information content (AvgIpc) is 3.31. The molecule has 4 rings (SSSR count). The van der Waals surface area contributed by atoms with Gasteiger partial charge in [0.1, 0.15) is 23.8 Å². The van der Waals surface area contributed by atoms with Crippen LogP contribution in [0, 0.1) is 17.2 Å². The molecule has 2 N–H and O–H groups in total. The number of piperidine rings is 1. The zero-order valence-electron chi connectivity index (χ0n) is 21.0. The van der Waals surface area contributed by atoms with E-state index in [1.54, 1.807) is 18.3 Å². The second kappa shape index (κ2) is 11.3. The molecule has 202 valence electrons. The van der Waals surface area contributed by atoms with Crippen molar-refractivity contribution in [3.05, 3.63) is 42.1 Å². The van der Waals surface area contributed by atoms with E-state index >= 15 is 0 Å². The van der Waals surface area contributed by atoms with E-state index in [1.165, 1.54) is 12.1 Å². The molecule has 1 aromatic heterocycles. The van der Waals surface area contributed by atoms with Gasteiger partial charge in [0.05, 0.1) is 17.9 Å². The van der Waals surface area contributed by atoms with Crippen molar-refractivity contribution in [1.82, 2.24) is 20.2 Å². The number of ketones is 1. The highest BCUT2D eigenvalue weighted by Gasteiger charge is 2.58. The molecule has 0 bridgehead atoms. The Balaban J connectivity index is 1.36. The van der Waals surface area contributed by atoms with Crippen molar-refractivity contribution in [2.24, 2.45) is 11.3 Å². The summed E-state index contributed by atoms with van der Waals surface area (Å²) in [5.41, 5.74) is 1.55. The van der Waals surface area contributed by atoms with Gasteiger partial charge in [-0.25, -0.2) is 9.37 Å². The molecule has 1 saturated heterocycles. The Kier molecular flexibility index (Phi) is 8.36. The topological polar surface area (TPSA) is 78.1 Å². The van der Waals surface area contributed by atoms with Gasteiger partial charge in [-0.2, -0.15) is 13.2 Å². The molecule has 2 atom stereocenters. The minimum Gasteiger partial charge on any atom is -0.346 e. The third-order valence-electron chi connectivity index (χ3n) is 7.73. The van der Waals surface area contributed by atoms with Crippen LogP contribution in [0.4, 0.5) is 17.6 Å². The summed E-state index contributed by atoms with van der Waals surface area (Å²) < 4.78 is 50.4. The number of nitrogens with zero attached hydrogens (tertiary/aromatic N) is 2. The molecular weight excluding hydrogens is 488 g/mol. The Morgan fingerprint density at radius 1 is 1.16 bits per heavy atom. The van der Waals surface area contributed by atoms with Gasteiger partial charge in [-0.15, -0.1) is 0 Å². The molecule has 1 aliphatic heterocycles. The molecule has 0 unspecified atom stereocenters. The fraction of sp³-hybridized carbons (Fsp3) is 0.593.